The fraction of sp³-hybridized carbons (Fsp3) is 0.235. The van der Waals surface area contributed by atoms with Crippen LogP contribution < -0.4 is 5.32 Å². The first kappa shape index (κ1) is 13.5. The molecule has 1 amide bonds. The molecular weight excluding hydrogens is 262 g/mol. The molecule has 0 atom stereocenters. The van der Waals surface area contributed by atoms with Gasteiger partial charge in [-0.25, -0.2) is 9.97 Å². The van der Waals surface area contributed by atoms with E-state index in [0.29, 0.717) is 11.1 Å². The van der Waals surface area contributed by atoms with E-state index >= 15 is 0 Å². The second kappa shape index (κ2) is 5.13. The molecule has 0 aliphatic heterocycles. The summed E-state index contributed by atoms with van der Waals surface area (Å²) in [7, 11) is 0. The van der Waals surface area contributed by atoms with E-state index in [1.54, 1.807) is 0 Å². The zero-order valence-electron chi connectivity index (χ0n) is 12.3. The third-order valence-electron chi connectivity index (χ3n) is 3.25. The molecule has 0 saturated heterocycles. The van der Waals surface area contributed by atoms with E-state index in [-0.39, 0.29) is 11.9 Å². The lowest BCUT2D eigenvalue weighted by molar-refractivity contribution is 0.0944. The summed E-state index contributed by atoms with van der Waals surface area (Å²) in [5.41, 5.74) is 4.62. The normalized spacial score (nSPS) is 11.2. The smallest absolute Gasteiger partial charge is 0.253 e. The molecule has 0 bridgehead atoms. The Morgan fingerprint density at radius 1 is 1.05 bits per heavy atom. The van der Waals surface area contributed by atoms with Gasteiger partial charge in [0.25, 0.3) is 5.91 Å². The largest absolute Gasteiger partial charge is 0.350 e. The molecule has 21 heavy (non-hydrogen) atoms. The van der Waals surface area contributed by atoms with E-state index in [1.807, 2.05) is 57.2 Å². The van der Waals surface area contributed by atoms with Crippen LogP contribution in [0.5, 0.6) is 0 Å². The Hall–Kier alpha value is -2.49. The number of carbonyl (C=O) groups is 1. The quantitative estimate of drug-likeness (QED) is 0.733. The highest BCUT2D eigenvalue weighted by atomic mass is 16.1. The number of benzene rings is 2. The van der Waals surface area contributed by atoms with Crippen LogP contribution in [-0.2, 0) is 0 Å². The molecule has 2 aromatic carbocycles. The lowest BCUT2D eigenvalue weighted by Crippen LogP contribution is -2.30. The maximum Gasteiger partial charge on any atom is 0.253 e. The van der Waals surface area contributed by atoms with Crippen molar-refractivity contribution in [3.63, 3.8) is 0 Å². The molecule has 106 valence electrons. The maximum absolute atomic E-state index is 12.4. The van der Waals surface area contributed by atoms with Gasteiger partial charge in [-0.1, -0.05) is 12.1 Å². The highest BCUT2D eigenvalue weighted by molar-refractivity contribution is 6.06. The van der Waals surface area contributed by atoms with Gasteiger partial charge >= 0.3 is 0 Å². The molecular formula is C17H17N3O. The van der Waals surface area contributed by atoms with Crippen LogP contribution in [0, 0.1) is 6.92 Å². The summed E-state index contributed by atoms with van der Waals surface area (Å²) < 4.78 is 0. The van der Waals surface area contributed by atoms with Gasteiger partial charge < -0.3 is 5.32 Å². The monoisotopic (exact) mass is 279 g/mol. The van der Waals surface area contributed by atoms with Crippen molar-refractivity contribution in [2.75, 3.05) is 0 Å². The second-order valence-corrected chi connectivity index (χ2v) is 5.52. The highest BCUT2D eigenvalue weighted by Crippen LogP contribution is 2.21. The van der Waals surface area contributed by atoms with E-state index in [2.05, 4.69) is 15.3 Å². The van der Waals surface area contributed by atoms with Crippen molar-refractivity contribution in [2.24, 2.45) is 0 Å². The second-order valence-electron chi connectivity index (χ2n) is 5.52. The number of carbonyl (C=O) groups excluding carboxylic acids is 1. The zero-order valence-corrected chi connectivity index (χ0v) is 12.3. The van der Waals surface area contributed by atoms with Gasteiger partial charge in [0.05, 0.1) is 22.1 Å². The molecule has 0 fully saturated rings. The number of aromatic nitrogens is 2. The van der Waals surface area contributed by atoms with E-state index in [4.69, 9.17) is 0 Å². The van der Waals surface area contributed by atoms with E-state index in [1.165, 1.54) is 0 Å². The molecule has 3 rings (SSSR count). The minimum Gasteiger partial charge on any atom is -0.350 e. The Morgan fingerprint density at radius 2 is 1.71 bits per heavy atom. The average molecular weight is 279 g/mol. The van der Waals surface area contributed by atoms with Crippen molar-refractivity contribution in [1.29, 1.82) is 0 Å². The molecule has 3 aromatic rings. The minimum atomic E-state index is -0.108. The van der Waals surface area contributed by atoms with Crippen LogP contribution in [0.25, 0.3) is 22.1 Å². The van der Waals surface area contributed by atoms with Crippen molar-refractivity contribution >= 4 is 28.0 Å². The Kier molecular flexibility index (Phi) is 3.29. The SMILES string of the molecule is Cc1cc(C(=O)NC(C)C)c2nc3ccccc3nc2c1. The van der Waals surface area contributed by atoms with Gasteiger partial charge in [-0.3, -0.25) is 4.79 Å². The fourth-order valence-corrected chi connectivity index (χ4v) is 2.38. The van der Waals surface area contributed by atoms with Crippen molar-refractivity contribution in [2.45, 2.75) is 26.8 Å². The number of nitrogens with one attached hydrogen (secondary N) is 1. The van der Waals surface area contributed by atoms with Gasteiger partial charge in [0.1, 0.15) is 5.52 Å². The van der Waals surface area contributed by atoms with Crippen LogP contribution in [0.2, 0.25) is 0 Å². The van der Waals surface area contributed by atoms with Crippen molar-refractivity contribution in [3.8, 4) is 0 Å². The lowest BCUT2D eigenvalue weighted by Gasteiger charge is -2.11. The van der Waals surface area contributed by atoms with Gasteiger partial charge in [0, 0.05) is 6.04 Å². The van der Waals surface area contributed by atoms with Gasteiger partial charge in [0.2, 0.25) is 0 Å². The van der Waals surface area contributed by atoms with Crippen LogP contribution in [0.1, 0.15) is 29.8 Å². The van der Waals surface area contributed by atoms with E-state index in [0.717, 1.165) is 22.1 Å². The zero-order chi connectivity index (χ0) is 15.0. The van der Waals surface area contributed by atoms with E-state index < -0.39 is 0 Å². The van der Waals surface area contributed by atoms with Crippen LogP contribution in [-0.4, -0.2) is 21.9 Å². The van der Waals surface area contributed by atoms with E-state index in [9.17, 15) is 4.79 Å². The summed E-state index contributed by atoms with van der Waals surface area (Å²) in [5, 5.41) is 2.92. The van der Waals surface area contributed by atoms with Crippen molar-refractivity contribution in [3.05, 3.63) is 47.5 Å². The van der Waals surface area contributed by atoms with Crippen LogP contribution in [0.4, 0.5) is 0 Å². The molecule has 1 N–H and O–H groups in total. The minimum absolute atomic E-state index is 0.0847. The summed E-state index contributed by atoms with van der Waals surface area (Å²) in [5.74, 6) is -0.108. The Morgan fingerprint density at radius 3 is 2.38 bits per heavy atom. The van der Waals surface area contributed by atoms with Crippen LogP contribution >= 0.6 is 0 Å². The molecule has 0 unspecified atom stereocenters. The first-order chi connectivity index (χ1) is 10.0. The molecule has 0 aliphatic rings. The summed E-state index contributed by atoms with van der Waals surface area (Å²) in [6.45, 7) is 5.84. The molecule has 1 aromatic heterocycles. The van der Waals surface area contributed by atoms with Gasteiger partial charge in [-0.05, 0) is 50.6 Å². The molecule has 1 heterocycles. The number of nitrogens with zero attached hydrogens (tertiary/aromatic N) is 2. The van der Waals surface area contributed by atoms with Gasteiger partial charge in [-0.15, -0.1) is 0 Å². The Labute approximate surface area is 123 Å². The van der Waals surface area contributed by atoms with Crippen LogP contribution in [0.15, 0.2) is 36.4 Å². The number of aryl methyl sites for hydroxylation is 1. The standard InChI is InChI=1S/C17H17N3O/c1-10(2)18-17(21)12-8-11(3)9-15-16(12)20-14-7-5-4-6-13(14)19-15/h4-10H,1-3H3,(H,18,21). The van der Waals surface area contributed by atoms with Gasteiger partial charge in [0.15, 0.2) is 0 Å². The Bertz CT molecular complexity index is 840. The molecule has 0 radical (unpaired) electrons. The average Bonchev–Trinajstić information content (AvgIpc) is 2.43. The number of amides is 1. The first-order valence-corrected chi connectivity index (χ1v) is 7.02. The number of fused-ring (bicyclic) bond motifs is 2. The number of hydrogen-bond acceptors (Lipinski definition) is 3. The molecule has 4 heteroatoms. The predicted octanol–water partition coefficient (Wildman–Crippen LogP) is 3.23. The molecule has 0 saturated carbocycles. The summed E-state index contributed by atoms with van der Waals surface area (Å²) in [6, 6.07) is 11.6. The third-order valence-corrected chi connectivity index (χ3v) is 3.25. The van der Waals surface area contributed by atoms with Gasteiger partial charge in [-0.2, -0.15) is 0 Å². The highest BCUT2D eigenvalue weighted by Gasteiger charge is 2.14. The summed E-state index contributed by atoms with van der Waals surface area (Å²) in [6.07, 6.45) is 0. The summed E-state index contributed by atoms with van der Waals surface area (Å²) in [4.78, 5) is 21.6. The Balaban J connectivity index is 2.27. The predicted molar refractivity (Wildman–Crippen MR) is 84.4 cm³/mol. The maximum atomic E-state index is 12.4. The molecule has 0 spiro atoms. The third kappa shape index (κ3) is 2.57. The molecule has 0 aliphatic carbocycles. The number of hydrogen-bond donors (Lipinski definition) is 1. The fourth-order valence-electron chi connectivity index (χ4n) is 2.38. The number of para-hydroxylation sites is 2. The van der Waals surface area contributed by atoms with Crippen molar-refractivity contribution in [1.82, 2.24) is 15.3 Å². The lowest BCUT2D eigenvalue weighted by atomic mass is 10.1. The summed E-state index contributed by atoms with van der Waals surface area (Å²) >= 11 is 0. The topological polar surface area (TPSA) is 54.9 Å². The molecule has 4 nitrogen and oxygen atoms in total. The van der Waals surface area contributed by atoms with Crippen molar-refractivity contribution < 1.29 is 4.79 Å². The first-order valence-electron chi connectivity index (χ1n) is 7.02. The number of rotatable bonds is 2. The van der Waals surface area contributed by atoms with Crippen LogP contribution in [0.3, 0.4) is 0 Å².